The minimum absolute atomic E-state index is 0.234. The molecule has 0 radical (unpaired) electrons. The fraction of sp³-hybridized carbons (Fsp3) is 0.533. The lowest BCUT2D eigenvalue weighted by atomic mass is 9.92. The van der Waals surface area contributed by atoms with Gasteiger partial charge in [-0.15, -0.1) is 0 Å². The lowest BCUT2D eigenvalue weighted by Gasteiger charge is -2.29. The smallest absolute Gasteiger partial charge is 0.175 e. The maximum Gasteiger partial charge on any atom is 0.175 e. The average Bonchev–Trinajstić information content (AvgIpc) is 2.75. The largest absolute Gasteiger partial charge is 0.330 e. The van der Waals surface area contributed by atoms with Crippen molar-refractivity contribution in [2.24, 2.45) is 13.0 Å². The summed E-state index contributed by atoms with van der Waals surface area (Å²) in [5.74, 6) is 1.52. The predicted octanol–water partition coefficient (Wildman–Crippen LogP) is 2.04. The number of hydrogen-bond donors (Lipinski definition) is 1. The summed E-state index contributed by atoms with van der Waals surface area (Å²) in [5, 5.41) is 3.53. The van der Waals surface area contributed by atoms with E-state index >= 15 is 0 Å². The number of rotatable bonds is 2. The molecule has 2 heterocycles. The summed E-state index contributed by atoms with van der Waals surface area (Å²) in [7, 11) is -1.20. The number of nitrogens with zero attached hydrogens (tertiary/aromatic N) is 2. The molecule has 2 unspecified atom stereocenters. The molecule has 114 valence electrons. The Morgan fingerprint density at radius 2 is 2.14 bits per heavy atom. The number of imidazole rings is 1. The second-order valence-electron chi connectivity index (χ2n) is 6.00. The second kappa shape index (κ2) is 5.10. The second-order valence-corrected chi connectivity index (χ2v) is 8.02. The van der Waals surface area contributed by atoms with Gasteiger partial charge in [-0.2, -0.15) is 0 Å². The maximum atomic E-state index is 11.7. The van der Waals surface area contributed by atoms with Gasteiger partial charge in [0.25, 0.3) is 0 Å². The van der Waals surface area contributed by atoms with Crippen LogP contribution in [0.2, 0.25) is 0 Å². The molecule has 1 aliphatic rings. The molecule has 1 fully saturated rings. The third kappa shape index (κ3) is 2.58. The first-order chi connectivity index (χ1) is 9.88. The van der Waals surface area contributed by atoms with E-state index in [1.807, 2.05) is 13.1 Å². The normalized spacial score (nSPS) is 23.6. The van der Waals surface area contributed by atoms with Crippen LogP contribution in [0.25, 0.3) is 11.0 Å². The predicted molar refractivity (Wildman–Crippen MR) is 83.0 cm³/mol. The fourth-order valence-electron chi connectivity index (χ4n) is 3.10. The van der Waals surface area contributed by atoms with Gasteiger partial charge >= 0.3 is 0 Å². The molecule has 2 aromatic rings. The Balaban J connectivity index is 2.11. The van der Waals surface area contributed by atoms with Gasteiger partial charge in [-0.1, -0.05) is 6.92 Å². The van der Waals surface area contributed by atoms with E-state index in [0.717, 1.165) is 23.4 Å². The third-order valence-electron chi connectivity index (χ3n) is 4.36. The van der Waals surface area contributed by atoms with Crippen molar-refractivity contribution in [3.63, 3.8) is 0 Å². The molecule has 0 bridgehead atoms. The molecule has 0 aliphatic carbocycles. The van der Waals surface area contributed by atoms with E-state index in [-0.39, 0.29) is 6.04 Å². The first kappa shape index (κ1) is 14.5. The molecule has 1 aromatic carbocycles. The number of aromatic nitrogens is 2. The molecule has 21 heavy (non-hydrogen) atoms. The topological polar surface area (TPSA) is 64.0 Å². The minimum Gasteiger partial charge on any atom is -0.330 e. The van der Waals surface area contributed by atoms with Gasteiger partial charge in [0.1, 0.15) is 5.82 Å². The van der Waals surface area contributed by atoms with E-state index in [4.69, 9.17) is 4.98 Å². The van der Waals surface area contributed by atoms with E-state index in [0.29, 0.717) is 10.8 Å². The van der Waals surface area contributed by atoms with E-state index in [9.17, 15) is 8.42 Å². The number of hydrogen-bond acceptors (Lipinski definition) is 4. The van der Waals surface area contributed by atoms with Gasteiger partial charge in [0.2, 0.25) is 0 Å². The molecule has 1 aromatic heterocycles. The first-order valence-electron chi connectivity index (χ1n) is 7.28. The highest BCUT2D eigenvalue weighted by atomic mass is 32.2. The molecule has 0 saturated carbocycles. The highest BCUT2D eigenvalue weighted by Crippen LogP contribution is 2.30. The Hall–Kier alpha value is -1.40. The zero-order chi connectivity index (χ0) is 15.2. The van der Waals surface area contributed by atoms with Crippen molar-refractivity contribution in [3.05, 3.63) is 24.0 Å². The van der Waals surface area contributed by atoms with E-state index in [1.54, 1.807) is 12.1 Å². The van der Waals surface area contributed by atoms with Crippen LogP contribution in [-0.2, 0) is 16.9 Å². The van der Waals surface area contributed by atoms with Crippen molar-refractivity contribution in [1.29, 1.82) is 0 Å². The van der Waals surface area contributed by atoms with Gasteiger partial charge in [-0.3, -0.25) is 0 Å². The van der Waals surface area contributed by atoms with Crippen LogP contribution in [0.5, 0.6) is 0 Å². The number of piperidine rings is 1. The summed E-state index contributed by atoms with van der Waals surface area (Å²) in [6.45, 7) is 3.24. The monoisotopic (exact) mass is 307 g/mol. The molecule has 5 nitrogen and oxygen atoms in total. The van der Waals surface area contributed by atoms with Crippen LogP contribution >= 0.6 is 0 Å². The zero-order valence-electron chi connectivity index (χ0n) is 12.6. The number of fused-ring (bicyclic) bond motifs is 1. The molecule has 6 heteroatoms. The van der Waals surface area contributed by atoms with Gasteiger partial charge in [-0.25, -0.2) is 13.4 Å². The van der Waals surface area contributed by atoms with Gasteiger partial charge in [0, 0.05) is 13.3 Å². The number of nitrogens with one attached hydrogen (secondary N) is 1. The van der Waals surface area contributed by atoms with Gasteiger partial charge in [0.05, 0.1) is 22.0 Å². The van der Waals surface area contributed by atoms with Crippen LogP contribution in [0.15, 0.2) is 23.1 Å². The van der Waals surface area contributed by atoms with Gasteiger partial charge in [0.15, 0.2) is 9.84 Å². The lowest BCUT2D eigenvalue weighted by Crippen LogP contribution is -2.34. The number of aryl methyl sites for hydroxylation is 1. The molecule has 3 rings (SSSR count). The Morgan fingerprint density at radius 1 is 1.38 bits per heavy atom. The maximum absolute atomic E-state index is 11.7. The quantitative estimate of drug-likeness (QED) is 0.922. The summed E-state index contributed by atoms with van der Waals surface area (Å²) < 4.78 is 25.4. The summed E-state index contributed by atoms with van der Waals surface area (Å²) >= 11 is 0. The molecule has 1 aliphatic heterocycles. The highest BCUT2D eigenvalue weighted by molar-refractivity contribution is 7.90. The van der Waals surface area contributed by atoms with Crippen LogP contribution in [0.4, 0.5) is 0 Å². The molecular weight excluding hydrogens is 286 g/mol. The van der Waals surface area contributed by atoms with E-state index in [1.165, 1.54) is 19.1 Å². The van der Waals surface area contributed by atoms with Crippen molar-refractivity contribution in [2.45, 2.75) is 30.7 Å². The molecule has 2 atom stereocenters. The first-order valence-corrected chi connectivity index (χ1v) is 9.17. The molecule has 0 spiro atoms. The summed E-state index contributed by atoms with van der Waals surface area (Å²) in [4.78, 5) is 5.02. The molecule has 1 N–H and O–H groups in total. The van der Waals surface area contributed by atoms with Crippen molar-refractivity contribution in [1.82, 2.24) is 14.9 Å². The number of benzene rings is 1. The molecule has 1 saturated heterocycles. The van der Waals surface area contributed by atoms with Crippen LogP contribution in [0.3, 0.4) is 0 Å². The third-order valence-corrected chi connectivity index (χ3v) is 5.47. The fourth-order valence-corrected chi connectivity index (χ4v) is 3.74. The Morgan fingerprint density at radius 3 is 2.81 bits per heavy atom. The average molecular weight is 307 g/mol. The summed E-state index contributed by atoms with van der Waals surface area (Å²) in [5.41, 5.74) is 1.71. The van der Waals surface area contributed by atoms with Crippen LogP contribution in [0.1, 0.15) is 31.6 Å². The Bertz CT molecular complexity index is 780. The Labute approximate surface area is 125 Å². The number of sulfone groups is 1. The van der Waals surface area contributed by atoms with Crippen molar-refractivity contribution < 1.29 is 8.42 Å². The summed E-state index contributed by atoms with van der Waals surface area (Å²) in [6, 6.07) is 5.40. The van der Waals surface area contributed by atoms with Crippen LogP contribution in [-0.4, -0.2) is 30.8 Å². The van der Waals surface area contributed by atoms with Crippen molar-refractivity contribution in [3.8, 4) is 0 Å². The highest BCUT2D eigenvalue weighted by Gasteiger charge is 2.26. The lowest BCUT2D eigenvalue weighted by molar-refractivity contribution is 0.291. The molecule has 0 amide bonds. The zero-order valence-corrected chi connectivity index (χ0v) is 13.4. The van der Waals surface area contributed by atoms with Crippen LogP contribution in [0, 0.1) is 5.92 Å². The SMILES string of the molecule is CC1CCCNC1c1nc2cc(S(C)(=O)=O)ccc2n1C. The van der Waals surface area contributed by atoms with E-state index in [2.05, 4.69) is 16.8 Å². The van der Waals surface area contributed by atoms with Gasteiger partial charge in [-0.05, 0) is 43.5 Å². The van der Waals surface area contributed by atoms with Crippen molar-refractivity contribution >= 4 is 20.9 Å². The standard InChI is InChI=1S/C15H21N3O2S/c1-10-5-4-8-16-14(10)15-17-12-9-11(21(3,19)20)6-7-13(12)18(15)2/h6-7,9-10,14,16H,4-5,8H2,1-3H3. The molecular formula is C15H21N3O2S. The summed E-state index contributed by atoms with van der Waals surface area (Å²) in [6.07, 6.45) is 3.61. The van der Waals surface area contributed by atoms with Crippen LogP contribution < -0.4 is 5.32 Å². The minimum atomic E-state index is -3.20. The Kier molecular flexibility index (Phi) is 3.53. The van der Waals surface area contributed by atoms with E-state index < -0.39 is 9.84 Å². The van der Waals surface area contributed by atoms with Gasteiger partial charge < -0.3 is 9.88 Å². The van der Waals surface area contributed by atoms with Crippen molar-refractivity contribution in [2.75, 3.05) is 12.8 Å².